The largest absolute Gasteiger partial charge is 0.386 e. The SMILES string of the molecule is COC(C1CCCCC1)C(O)c1cc(F)cc(F)c1. The number of ether oxygens (including phenoxy) is 1. The van der Waals surface area contributed by atoms with Gasteiger partial charge in [0.25, 0.3) is 0 Å². The van der Waals surface area contributed by atoms with Crippen LogP contribution >= 0.6 is 0 Å². The number of rotatable bonds is 4. The minimum Gasteiger partial charge on any atom is -0.386 e. The zero-order chi connectivity index (χ0) is 13.8. The topological polar surface area (TPSA) is 29.5 Å². The third-order valence-corrected chi connectivity index (χ3v) is 3.92. The van der Waals surface area contributed by atoms with Gasteiger partial charge in [-0.2, -0.15) is 0 Å². The second-order valence-electron chi connectivity index (χ2n) is 5.25. The van der Waals surface area contributed by atoms with Crippen molar-refractivity contribution in [2.75, 3.05) is 7.11 Å². The van der Waals surface area contributed by atoms with Crippen molar-refractivity contribution in [3.63, 3.8) is 0 Å². The Morgan fingerprint density at radius 3 is 2.21 bits per heavy atom. The molecule has 2 nitrogen and oxygen atoms in total. The number of aliphatic hydroxyl groups excluding tert-OH is 1. The fraction of sp³-hybridized carbons (Fsp3) is 0.600. The van der Waals surface area contributed by atoms with E-state index in [1.807, 2.05) is 0 Å². The van der Waals surface area contributed by atoms with Crippen LogP contribution in [-0.4, -0.2) is 18.3 Å². The molecule has 0 amide bonds. The van der Waals surface area contributed by atoms with E-state index in [4.69, 9.17) is 4.74 Å². The maximum absolute atomic E-state index is 13.2. The first-order valence-corrected chi connectivity index (χ1v) is 6.78. The van der Waals surface area contributed by atoms with Gasteiger partial charge in [-0.05, 0) is 36.5 Å². The second-order valence-corrected chi connectivity index (χ2v) is 5.25. The summed E-state index contributed by atoms with van der Waals surface area (Å²) in [7, 11) is 1.54. The van der Waals surface area contributed by atoms with Crippen LogP contribution in [0.15, 0.2) is 18.2 Å². The van der Waals surface area contributed by atoms with Crippen molar-refractivity contribution in [1.29, 1.82) is 0 Å². The summed E-state index contributed by atoms with van der Waals surface area (Å²) < 4.78 is 31.8. The van der Waals surface area contributed by atoms with Crippen LogP contribution in [-0.2, 0) is 4.74 Å². The summed E-state index contributed by atoms with van der Waals surface area (Å²) in [4.78, 5) is 0. The van der Waals surface area contributed by atoms with Crippen molar-refractivity contribution in [3.05, 3.63) is 35.4 Å². The highest BCUT2D eigenvalue weighted by Crippen LogP contribution is 2.34. The molecule has 0 heterocycles. The summed E-state index contributed by atoms with van der Waals surface area (Å²) in [6.07, 6.45) is 4.04. The summed E-state index contributed by atoms with van der Waals surface area (Å²) in [5.74, 6) is -1.10. The summed E-state index contributed by atoms with van der Waals surface area (Å²) in [5, 5.41) is 10.3. The lowest BCUT2D eigenvalue weighted by molar-refractivity contribution is -0.0561. The van der Waals surface area contributed by atoms with Crippen LogP contribution in [0.1, 0.15) is 43.8 Å². The van der Waals surface area contributed by atoms with Crippen LogP contribution in [0.4, 0.5) is 8.78 Å². The zero-order valence-corrected chi connectivity index (χ0v) is 11.1. The molecule has 0 saturated heterocycles. The van der Waals surface area contributed by atoms with E-state index in [0.717, 1.165) is 31.7 Å². The summed E-state index contributed by atoms with van der Waals surface area (Å²) >= 11 is 0. The highest BCUT2D eigenvalue weighted by atomic mass is 19.1. The van der Waals surface area contributed by atoms with E-state index in [0.29, 0.717) is 0 Å². The Bertz CT molecular complexity index is 396. The lowest BCUT2D eigenvalue weighted by atomic mass is 9.82. The number of methoxy groups -OCH3 is 1. The molecule has 1 aromatic carbocycles. The lowest BCUT2D eigenvalue weighted by Crippen LogP contribution is -2.31. The fourth-order valence-electron chi connectivity index (χ4n) is 2.98. The van der Waals surface area contributed by atoms with E-state index in [2.05, 4.69) is 0 Å². The zero-order valence-electron chi connectivity index (χ0n) is 11.1. The molecule has 0 radical (unpaired) electrons. The molecule has 1 aromatic rings. The van der Waals surface area contributed by atoms with Gasteiger partial charge in [0.1, 0.15) is 17.7 Å². The van der Waals surface area contributed by atoms with Gasteiger partial charge >= 0.3 is 0 Å². The first-order chi connectivity index (χ1) is 9.11. The molecule has 2 atom stereocenters. The van der Waals surface area contributed by atoms with Crippen molar-refractivity contribution in [3.8, 4) is 0 Å². The fourth-order valence-corrected chi connectivity index (χ4v) is 2.98. The van der Waals surface area contributed by atoms with Crippen LogP contribution in [0.5, 0.6) is 0 Å². The Labute approximate surface area is 112 Å². The van der Waals surface area contributed by atoms with Crippen LogP contribution in [0, 0.1) is 17.6 Å². The van der Waals surface area contributed by atoms with E-state index >= 15 is 0 Å². The minimum atomic E-state index is -0.988. The van der Waals surface area contributed by atoms with Gasteiger partial charge < -0.3 is 9.84 Å². The monoisotopic (exact) mass is 270 g/mol. The minimum absolute atomic E-state index is 0.245. The van der Waals surface area contributed by atoms with Gasteiger partial charge in [0.05, 0.1) is 6.10 Å². The molecular weight excluding hydrogens is 250 g/mol. The molecule has 2 unspecified atom stereocenters. The molecule has 0 aromatic heterocycles. The highest BCUT2D eigenvalue weighted by Gasteiger charge is 2.30. The second kappa shape index (κ2) is 6.44. The van der Waals surface area contributed by atoms with Gasteiger partial charge in [-0.25, -0.2) is 8.78 Å². The molecule has 4 heteroatoms. The maximum atomic E-state index is 13.2. The molecule has 1 aliphatic carbocycles. The van der Waals surface area contributed by atoms with E-state index in [9.17, 15) is 13.9 Å². The van der Waals surface area contributed by atoms with Crippen molar-refractivity contribution in [2.45, 2.75) is 44.3 Å². The van der Waals surface area contributed by atoms with Gasteiger partial charge in [-0.15, -0.1) is 0 Å². The third kappa shape index (κ3) is 3.51. The van der Waals surface area contributed by atoms with Crippen molar-refractivity contribution >= 4 is 0 Å². The highest BCUT2D eigenvalue weighted by molar-refractivity contribution is 5.21. The Morgan fingerprint density at radius 2 is 1.68 bits per heavy atom. The lowest BCUT2D eigenvalue weighted by Gasteiger charge is -2.32. The summed E-state index contributed by atoms with van der Waals surface area (Å²) in [6, 6.07) is 3.14. The molecule has 1 N–H and O–H groups in total. The number of hydrogen-bond acceptors (Lipinski definition) is 2. The molecule has 0 spiro atoms. The molecule has 0 aliphatic heterocycles. The van der Waals surface area contributed by atoms with Gasteiger partial charge in [0.15, 0.2) is 0 Å². The van der Waals surface area contributed by atoms with Crippen molar-refractivity contribution in [2.24, 2.45) is 5.92 Å². The van der Waals surface area contributed by atoms with Crippen LogP contribution < -0.4 is 0 Å². The summed E-state index contributed by atoms with van der Waals surface area (Å²) in [6.45, 7) is 0. The molecule has 2 rings (SSSR count). The summed E-state index contributed by atoms with van der Waals surface area (Å²) in [5.41, 5.74) is 0.245. The quantitative estimate of drug-likeness (QED) is 0.906. The average Bonchev–Trinajstić information content (AvgIpc) is 2.39. The van der Waals surface area contributed by atoms with Crippen LogP contribution in [0.25, 0.3) is 0 Å². The molecule has 1 saturated carbocycles. The molecular formula is C15H20F2O2. The smallest absolute Gasteiger partial charge is 0.126 e. The molecule has 1 aliphatic rings. The Balaban J connectivity index is 2.16. The van der Waals surface area contributed by atoms with Gasteiger partial charge in [0, 0.05) is 13.2 Å². The first-order valence-electron chi connectivity index (χ1n) is 6.78. The maximum Gasteiger partial charge on any atom is 0.126 e. The Kier molecular flexibility index (Phi) is 4.88. The number of halogens is 2. The van der Waals surface area contributed by atoms with Gasteiger partial charge in [-0.3, -0.25) is 0 Å². The van der Waals surface area contributed by atoms with Gasteiger partial charge in [0.2, 0.25) is 0 Å². The van der Waals surface area contributed by atoms with E-state index < -0.39 is 23.8 Å². The van der Waals surface area contributed by atoms with E-state index in [1.165, 1.54) is 25.7 Å². The Hall–Kier alpha value is -1.00. The normalized spacial score (nSPS) is 20.2. The third-order valence-electron chi connectivity index (χ3n) is 3.92. The molecule has 0 bridgehead atoms. The van der Waals surface area contributed by atoms with E-state index in [1.54, 1.807) is 0 Å². The van der Waals surface area contributed by atoms with Crippen molar-refractivity contribution < 1.29 is 18.6 Å². The van der Waals surface area contributed by atoms with Gasteiger partial charge in [-0.1, -0.05) is 19.3 Å². The predicted octanol–water partition coefficient (Wildman–Crippen LogP) is 3.59. The molecule has 19 heavy (non-hydrogen) atoms. The first kappa shape index (κ1) is 14.4. The average molecular weight is 270 g/mol. The predicted molar refractivity (Wildman–Crippen MR) is 68.7 cm³/mol. The van der Waals surface area contributed by atoms with Crippen molar-refractivity contribution in [1.82, 2.24) is 0 Å². The molecule has 106 valence electrons. The molecule has 1 fully saturated rings. The van der Waals surface area contributed by atoms with Crippen LogP contribution in [0.2, 0.25) is 0 Å². The van der Waals surface area contributed by atoms with E-state index in [-0.39, 0.29) is 11.5 Å². The number of hydrogen-bond donors (Lipinski definition) is 1. The number of aliphatic hydroxyl groups is 1. The number of benzene rings is 1. The van der Waals surface area contributed by atoms with Crippen LogP contribution in [0.3, 0.4) is 0 Å². The standard InChI is InChI=1S/C15H20F2O2/c1-19-15(10-5-3-2-4-6-10)14(18)11-7-12(16)9-13(17)8-11/h7-10,14-15,18H,2-6H2,1H3. The Morgan fingerprint density at radius 1 is 1.11 bits per heavy atom.